The summed E-state index contributed by atoms with van der Waals surface area (Å²) >= 11 is 4.59. The zero-order valence-electron chi connectivity index (χ0n) is 28.6. The van der Waals surface area contributed by atoms with Gasteiger partial charge in [-0.2, -0.15) is 4.20 Å². The SMILES string of the molecule is COc1ccc(C(O[C@H]2C[C@H](n3cnc4c(NC(=O)c5ccccc5)ncnc43)O[C@@H]2COP(O)(F)=S)(c2ccccc2)c2ccc(OC)cc2)cc1. The molecule has 12 nitrogen and oxygen atoms in total. The maximum Gasteiger partial charge on any atom is 0.363 e. The van der Waals surface area contributed by atoms with Gasteiger partial charge < -0.3 is 33.7 Å². The Labute approximate surface area is 309 Å². The first-order chi connectivity index (χ1) is 25.7. The van der Waals surface area contributed by atoms with Gasteiger partial charge in [-0.25, -0.2) is 15.0 Å². The fraction of sp³-hybridized carbons (Fsp3) is 0.211. The van der Waals surface area contributed by atoms with E-state index < -0.39 is 37.4 Å². The van der Waals surface area contributed by atoms with E-state index in [4.69, 9.17) is 23.5 Å². The van der Waals surface area contributed by atoms with E-state index in [9.17, 15) is 13.9 Å². The van der Waals surface area contributed by atoms with E-state index in [1.165, 1.54) is 12.7 Å². The lowest BCUT2D eigenvalue weighted by atomic mass is 9.79. The highest BCUT2D eigenvalue weighted by molar-refractivity contribution is 8.06. The Morgan fingerprint density at radius 1 is 0.906 bits per heavy atom. The van der Waals surface area contributed by atoms with Gasteiger partial charge in [0, 0.05) is 12.0 Å². The first-order valence-corrected chi connectivity index (χ1v) is 19.1. The van der Waals surface area contributed by atoms with Gasteiger partial charge in [-0.15, -0.1) is 0 Å². The van der Waals surface area contributed by atoms with Crippen molar-refractivity contribution >= 4 is 41.5 Å². The molecule has 0 radical (unpaired) electrons. The van der Waals surface area contributed by atoms with Crippen LogP contribution in [-0.2, 0) is 31.4 Å². The molecule has 2 aromatic heterocycles. The zero-order chi connectivity index (χ0) is 37.0. The maximum absolute atomic E-state index is 14.4. The van der Waals surface area contributed by atoms with Crippen LogP contribution in [0.25, 0.3) is 11.2 Å². The summed E-state index contributed by atoms with van der Waals surface area (Å²) in [6, 6.07) is 33.5. The van der Waals surface area contributed by atoms with Crippen molar-refractivity contribution in [3.05, 3.63) is 144 Å². The Balaban J connectivity index is 1.30. The Morgan fingerprint density at radius 2 is 1.49 bits per heavy atom. The second-order valence-corrected chi connectivity index (χ2v) is 14.7. The molecule has 53 heavy (non-hydrogen) atoms. The van der Waals surface area contributed by atoms with Gasteiger partial charge in [0.2, 0.25) is 0 Å². The minimum absolute atomic E-state index is 0.216. The summed E-state index contributed by atoms with van der Waals surface area (Å²) in [7, 11) is 3.19. The lowest BCUT2D eigenvalue weighted by Crippen LogP contribution is -2.41. The minimum Gasteiger partial charge on any atom is -0.497 e. The van der Waals surface area contributed by atoms with Crippen LogP contribution >= 0.6 is 6.80 Å². The van der Waals surface area contributed by atoms with Crippen molar-refractivity contribution in [2.24, 2.45) is 0 Å². The highest BCUT2D eigenvalue weighted by Gasteiger charge is 2.47. The van der Waals surface area contributed by atoms with Crippen molar-refractivity contribution in [1.29, 1.82) is 0 Å². The first kappa shape index (κ1) is 36.3. The molecule has 4 atom stereocenters. The molecule has 3 heterocycles. The van der Waals surface area contributed by atoms with Crippen LogP contribution in [0.4, 0.5) is 10.0 Å². The third-order valence-electron chi connectivity index (χ3n) is 9.02. The van der Waals surface area contributed by atoms with Gasteiger partial charge in [-0.3, -0.25) is 9.36 Å². The highest BCUT2D eigenvalue weighted by Crippen LogP contribution is 2.48. The van der Waals surface area contributed by atoms with Crippen LogP contribution in [0.2, 0.25) is 0 Å². The Hall–Kier alpha value is -5.08. The summed E-state index contributed by atoms with van der Waals surface area (Å²) in [5, 5.41) is 2.81. The van der Waals surface area contributed by atoms with Crippen molar-refractivity contribution < 1.29 is 37.4 Å². The molecule has 0 spiro atoms. The Bertz CT molecular complexity index is 2180. The van der Waals surface area contributed by atoms with Crippen LogP contribution < -0.4 is 14.8 Å². The van der Waals surface area contributed by atoms with Crippen molar-refractivity contribution in [2.75, 3.05) is 26.1 Å². The number of fused-ring (bicyclic) bond motifs is 1. The molecule has 1 unspecified atom stereocenters. The zero-order valence-corrected chi connectivity index (χ0v) is 30.3. The summed E-state index contributed by atoms with van der Waals surface area (Å²) in [5.74, 6) is 1.17. The van der Waals surface area contributed by atoms with E-state index in [0.29, 0.717) is 28.2 Å². The second kappa shape index (κ2) is 15.5. The van der Waals surface area contributed by atoms with Gasteiger partial charge in [0.05, 0.1) is 33.3 Å². The molecule has 6 aromatic rings. The maximum atomic E-state index is 14.4. The van der Waals surface area contributed by atoms with Gasteiger partial charge in [-0.1, -0.05) is 72.8 Å². The summed E-state index contributed by atoms with van der Waals surface area (Å²) in [6.45, 7) is -4.96. The number of carbonyl (C=O) groups is 1. The van der Waals surface area contributed by atoms with Crippen LogP contribution in [-0.4, -0.2) is 63.4 Å². The van der Waals surface area contributed by atoms with Crippen LogP contribution in [0.3, 0.4) is 0 Å². The van der Waals surface area contributed by atoms with E-state index in [0.717, 1.165) is 16.7 Å². The number of amides is 1. The number of benzene rings is 4. The van der Waals surface area contributed by atoms with Crippen LogP contribution in [0.1, 0.15) is 39.7 Å². The molecule has 7 rings (SSSR count). The molecule has 1 aliphatic heterocycles. The van der Waals surface area contributed by atoms with Crippen molar-refractivity contribution in [1.82, 2.24) is 19.5 Å². The number of rotatable bonds is 13. The number of imidazole rings is 1. The third kappa shape index (κ3) is 7.70. The van der Waals surface area contributed by atoms with E-state index in [-0.39, 0.29) is 18.1 Å². The van der Waals surface area contributed by atoms with Crippen LogP contribution in [0, 0.1) is 0 Å². The average Bonchev–Trinajstić information content (AvgIpc) is 3.81. The van der Waals surface area contributed by atoms with Crippen LogP contribution in [0.5, 0.6) is 11.5 Å². The molecule has 272 valence electrons. The molecule has 1 saturated heterocycles. The number of anilines is 1. The Kier molecular flexibility index (Phi) is 10.6. The van der Waals surface area contributed by atoms with Crippen molar-refractivity contribution in [3.8, 4) is 11.5 Å². The molecule has 0 bridgehead atoms. The molecule has 1 aliphatic rings. The quantitative estimate of drug-likeness (QED) is 0.0934. The number of ether oxygens (including phenoxy) is 4. The number of carbonyl (C=O) groups excluding carboxylic acids is 1. The topological polar surface area (TPSA) is 139 Å². The molecular weight excluding hydrogens is 720 g/mol. The van der Waals surface area contributed by atoms with Gasteiger partial charge in [-0.05, 0) is 64.9 Å². The van der Waals surface area contributed by atoms with Gasteiger partial charge in [0.15, 0.2) is 17.0 Å². The molecule has 0 saturated carbocycles. The number of nitrogens with one attached hydrogen (secondary N) is 1. The fourth-order valence-electron chi connectivity index (χ4n) is 6.49. The van der Waals surface area contributed by atoms with E-state index in [1.807, 2.05) is 84.9 Å². The molecule has 1 amide bonds. The average molecular weight is 756 g/mol. The molecule has 1 fully saturated rings. The van der Waals surface area contributed by atoms with E-state index >= 15 is 0 Å². The number of nitrogens with zero attached hydrogens (tertiary/aromatic N) is 4. The fourth-order valence-corrected chi connectivity index (χ4v) is 7.00. The predicted molar refractivity (Wildman–Crippen MR) is 199 cm³/mol. The monoisotopic (exact) mass is 755 g/mol. The van der Waals surface area contributed by atoms with E-state index in [2.05, 4.69) is 32.1 Å². The summed E-state index contributed by atoms with van der Waals surface area (Å²) in [5.41, 5.74) is 2.27. The third-order valence-corrected chi connectivity index (χ3v) is 9.80. The predicted octanol–water partition coefficient (Wildman–Crippen LogP) is 6.96. The van der Waals surface area contributed by atoms with Crippen LogP contribution in [0.15, 0.2) is 122 Å². The number of halogens is 1. The number of aromatic nitrogens is 4. The lowest BCUT2D eigenvalue weighted by Gasteiger charge is -2.39. The normalized spacial score (nSPS) is 18.4. The van der Waals surface area contributed by atoms with Crippen molar-refractivity contribution in [3.63, 3.8) is 0 Å². The Morgan fingerprint density at radius 3 is 2.08 bits per heavy atom. The van der Waals surface area contributed by atoms with Crippen molar-refractivity contribution in [2.45, 2.75) is 30.5 Å². The standard InChI is InChI=1S/C38H35FN5O7PS/c1-47-29-17-13-27(14-18-29)38(26-11-7-4-8-12-26,28-15-19-30(48-2)20-16-28)51-31-21-33(50-32(31)22-49-52(39,46)53)44-24-42-34-35(40-23-41-36(34)44)43-37(45)25-9-5-3-6-10-25/h3-20,23-24,31-33H,21-22H2,1-2H3,(H,46,53)(H,40,41,43,45)/t31-,32+,33+,52?/m0/s1. The molecule has 4 aromatic carbocycles. The second-order valence-electron chi connectivity index (χ2n) is 12.1. The van der Waals surface area contributed by atoms with Gasteiger partial charge in [0.1, 0.15) is 35.8 Å². The van der Waals surface area contributed by atoms with Gasteiger partial charge in [0.25, 0.3) is 5.91 Å². The lowest BCUT2D eigenvalue weighted by molar-refractivity contribution is -0.0963. The molecule has 0 aliphatic carbocycles. The molecule has 2 N–H and O–H groups in total. The summed E-state index contributed by atoms with van der Waals surface area (Å²) in [6.07, 6.45) is 0.636. The highest BCUT2D eigenvalue weighted by atomic mass is 32.5. The first-order valence-electron chi connectivity index (χ1n) is 16.6. The minimum atomic E-state index is -4.56. The molecular formula is C38H35FN5O7PS. The number of hydrogen-bond donors (Lipinski definition) is 2. The van der Waals surface area contributed by atoms with E-state index in [1.54, 1.807) is 43.1 Å². The smallest absolute Gasteiger partial charge is 0.363 e. The molecule has 15 heteroatoms. The largest absolute Gasteiger partial charge is 0.497 e. The number of methoxy groups -OCH3 is 2. The number of hydrogen-bond acceptors (Lipinski definition) is 10. The van der Waals surface area contributed by atoms with Gasteiger partial charge >= 0.3 is 6.80 Å². The summed E-state index contributed by atoms with van der Waals surface area (Å²) < 4.78 is 46.0. The summed E-state index contributed by atoms with van der Waals surface area (Å²) in [4.78, 5) is 36.1.